The van der Waals surface area contributed by atoms with Gasteiger partial charge in [-0.15, -0.1) is 11.8 Å². The van der Waals surface area contributed by atoms with Crippen LogP contribution in [0.1, 0.15) is 19.0 Å². The predicted octanol–water partition coefficient (Wildman–Crippen LogP) is 3.36. The maximum absolute atomic E-state index is 11.0. The van der Waals surface area contributed by atoms with E-state index in [-0.39, 0.29) is 11.1 Å². The fraction of sp³-hybridized carbons (Fsp3) is 0.308. The molecule has 0 aliphatic carbocycles. The quantitative estimate of drug-likeness (QED) is 0.588. The first kappa shape index (κ1) is 14.5. The van der Waals surface area contributed by atoms with Gasteiger partial charge in [-0.1, -0.05) is 19.1 Å². The summed E-state index contributed by atoms with van der Waals surface area (Å²) in [6, 6.07) is 7.96. The van der Waals surface area contributed by atoms with Crippen molar-refractivity contribution in [3.8, 4) is 5.75 Å². The van der Waals surface area contributed by atoms with Gasteiger partial charge >= 0.3 is 5.69 Å². The molecule has 19 heavy (non-hydrogen) atoms. The van der Waals surface area contributed by atoms with Crippen LogP contribution in [-0.4, -0.2) is 15.4 Å². The largest absolute Gasteiger partial charge is 0.479 e. The van der Waals surface area contributed by atoms with E-state index < -0.39 is 0 Å². The van der Waals surface area contributed by atoms with Crippen molar-refractivity contribution in [1.82, 2.24) is 9.97 Å². The van der Waals surface area contributed by atoms with Crippen LogP contribution in [0.5, 0.6) is 5.75 Å². The van der Waals surface area contributed by atoms with E-state index in [0.29, 0.717) is 0 Å². The Labute approximate surface area is 129 Å². The van der Waals surface area contributed by atoms with Crippen molar-refractivity contribution in [3.63, 3.8) is 0 Å². The lowest BCUT2D eigenvalue weighted by atomic mass is 10.3. The Balaban J connectivity index is 1.93. The maximum atomic E-state index is 11.0. The Morgan fingerprint density at radius 1 is 1.42 bits per heavy atom. The number of thioether (sulfide) groups is 1. The SMILES string of the molecule is CCC(Oc1ccccc1I)SCc1c[nH]c(=O)[nH]1. The van der Waals surface area contributed by atoms with Crippen LogP contribution in [0.25, 0.3) is 0 Å². The first-order valence-electron chi connectivity index (χ1n) is 5.98. The summed E-state index contributed by atoms with van der Waals surface area (Å²) in [5, 5.41) is 0. The molecule has 0 bridgehead atoms. The molecule has 4 nitrogen and oxygen atoms in total. The molecule has 0 saturated heterocycles. The van der Waals surface area contributed by atoms with E-state index in [9.17, 15) is 4.79 Å². The Hall–Kier alpha value is -0.890. The second kappa shape index (κ2) is 7.04. The number of rotatable bonds is 6. The zero-order valence-electron chi connectivity index (χ0n) is 10.5. The Bertz CT molecular complexity index is 582. The average Bonchev–Trinajstić information content (AvgIpc) is 2.82. The summed E-state index contributed by atoms with van der Waals surface area (Å²) in [7, 11) is 0. The molecule has 1 unspecified atom stereocenters. The summed E-state index contributed by atoms with van der Waals surface area (Å²) < 4.78 is 7.08. The van der Waals surface area contributed by atoms with E-state index in [1.807, 2.05) is 24.3 Å². The van der Waals surface area contributed by atoms with Gasteiger partial charge in [0.15, 0.2) is 0 Å². The molecule has 0 amide bonds. The van der Waals surface area contributed by atoms with Gasteiger partial charge in [-0.3, -0.25) is 0 Å². The molecule has 2 N–H and O–H groups in total. The molecule has 1 aromatic carbocycles. The van der Waals surface area contributed by atoms with E-state index in [0.717, 1.165) is 27.2 Å². The molecule has 0 saturated carbocycles. The third kappa shape index (κ3) is 4.31. The highest BCUT2D eigenvalue weighted by Crippen LogP contribution is 2.26. The number of aromatic nitrogens is 2. The summed E-state index contributed by atoms with van der Waals surface area (Å²) in [5.41, 5.74) is 0.802. The van der Waals surface area contributed by atoms with Crippen molar-refractivity contribution in [2.75, 3.05) is 0 Å². The molecule has 2 aromatic rings. The van der Waals surface area contributed by atoms with Gasteiger partial charge in [-0.2, -0.15) is 0 Å². The van der Waals surface area contributed by atoms with Crippen LogP contribution in [0.2, 0.25) is 0 Å². The van der Waals surface area contributed by atoms with E-state index >= 15 is 0 Å². The molecule has 1 heterocycles. The lowest BCUT2D eigenvalue weighted by Crippen LogP contribution is -2.12. The minimum absolute atomic E-state index is 0.0781. The van der Waals surface area contributed by atoms with Crippen LogP contribution in [0, 0.1) is 3.57 Å². The molecule has 1 atom stereocenters. The number of hydrogen-bond donors (Lipinski definition) is 2. The Morgan fingerprint density at radius 3 is 2.84 bits per heavy atom. The molecule has 0 fully saturated rings. The molecule has 2 rings (SSSR count). The molecule has 1 aromatic heterocycles. The van der Waals surface area contributed by atoms with Crippen LogP contribution in [-0.2, 0) is 5.75 Å². The summed E-state index contributed by atoms with van der Waals surface area (Å²) in [6.45, 7) is 2.09. The van der Waals surface area contributed by atoms with Gasteiger partial charge < -0.3 is 14.7 Å². The van der Waals surface area contributed by atoms with Gasteiger partial charge in [0.1, 0.15) is 11.2 Å². The van der Waals surface area contributed by atoms with Gasteiger partial charge in [0, 0.05) is 17.6 Å². The number of hydrogen-bond acceptors (Lipinski definition) is 3. The lowest BCUT2D eigenvalue weighted by Gasteiger charge is -2.17. The van der Waals surface area contributed by atoms with Crippen LogP contribution in [0.4, 0.5) is 0 Å². The number of benzene rings is 1. The second-order valence-electron chi connectivity index (χ2n) is 3.97. The van der Waals surface area contributed by atoms with Crippen molar-refractivity contribution in [3.05, 3.63) is 50.2 Å². The van der Waals surface area contributed by atoms with Crippen LogP contribution in [0.15, 0.2) is 35.3 Å². The predicted molar refractivity (Wildman–Crippen MR) is 86.6 cm³/mol. The summed E-state index contributed by atoms with van der Waals surface area (Å²) in [5.74, 6) is 1.63. The molecule has 6 heteroatoms. The van der Waals surface area contributed by atoms with Crippen LogP contribution in [0.3, 0.4) is 0 Å². The maximum Gasteiger partial charge on any atom is 0.323 e. The summed E-state index contributed by atoms with van der Waals surface area (Å²) >= 11 is 3.94. The minimum Gasteiger partial charge on any atom is -0.479 e. The first-order valence-corrected chi connectivity index (χ1v) is 8.11. The van der Waals surface area contributed by atoms with E-state index in [4.69, 9.17) is 4.74 Å². The molecule has 0 spiro atoms. The molecule has 0 aliphatic heterocycles. The molecule has 102 valence electrons. The first-order chi connectivity index (χ1) is 9.19. The highest BCUT2D eigenvalue weighted by atomic mass is 127. The van der Waals surface area contributed by atoms with Crippen molar-refractivity contribution in [1.29, 1.82) is 0 Å². The van der Waals surface area contributed by atoms with Crippen LogP contribution >= 0.6 is 34.4 Å². The fourth-order valence-electron chi connectivity index (χ4n) is 1.55. The second-order valence-corrected chi connectivity index (χ2v) is 6.28. The van der Waals surface area contributed by atoms with E-state index in [1.165, 1.54) is 0 Å². The third-order valence-corrected chi connectivity index (χ3v) is 4.67. The molecule has 0 radical (unpaired) electrons. The van der Waals surface area contributed by atoms with Crippen molar-refractivity contribution in [2.24, 2.45) is 0 Å². The highest BCUT2D eigenvalue weighted by Gasteiger charge is 2.11. The van der Waals surface area contributed by atoms with Crippen molar-refractivity contribution in [2.45, 2.75) is 24.5 Å². The Morgan fingerprint density at radius 2 is 2.21 bits per heavy atom. The highest BCUT2D eigenvalue weighted by molar-refractivity contribution is 14.1. The third-order valence-electron chi connectivity index (χ3n) is 2.50. The van der Waals surface area contributed by atoms with E-state index in [1.54, 1.807) is 18.0 Å². The molecular weight excluding hydrogens is 375 g/mol. The average molecular weight is 390 g/mol. The monoisotopic (exact) mass is 390 g/mol. The van der Waals surface area contributed by atoms with E-state index in [2.05, 4.69) is 39.5 Å². The standard InChI is InChI=1S/C13H15IN2O2S/c1-2-12(18-11-6-4-3-5-10(11)14)19-8-9-7-15-13(17)16-9/h3-7,12H,2,8H2,1H3,(H2,15,16,17). The van der Waals surface area contributed by atoms with Gasteiger partial charge in [0.2, 0.25) is 0 Å². The summed E-state index contributed by atoms with van der Waals surface area (Å²) in [6.07, 6.45) is 2.61. The number of imidazole rings is 1. The van der Waals surface area contributed by atoms with Gasteiger partial charge in [0.25, 0.3) is 0 Å². The van der Waals surface area contributed by atoms with Gasteiger partial charge in [0.05, 0.1) is 3.57 Å². The lowest BCUT2D eigenvalue weighted by molar-refractivity contribution is 0.281. The molecule has 0 aliphatic rings. The number of halogens is 1. The van der Waals surface area contributed by atoms with Crippen molar-refractivity contribution < 1.29 is 4.74 Å². The summed E-state index contributed by atoms with van der Waals surface area (Å²) in [4.78, 5) is 16.3. The number of para-hydroxylation sites is 1. The normalized spacial score (nSPS) is 12.3. The number of nitrogens with one attached hydrogen (secondary N) is 2. The molecular formula is C13H15IN2O2S. The smallest absolute Gasteiger partial charge is 0.323 e. The van der Waals surface area contributed by atoms with Gasteiger partial charge in [-0.05, 0) is 41.1 Å². The number of aromatic amines is 2. The zero-order valence-corrected chi connectivity index (χ0v) is 13.5. The fourth-order valence-corrected chi connectivity index (χ4v) is 2.99. The number of ether oxygens (including phenoxy) is 1. The minimum atomic E-state index is -0.165. The topological polar surface area (TPSA) is 57.9 Å². The van der Waals surface area contributed by atoms with Crippen LogP contribution < -0.4 is 10.4 Å². The zero-order chi connectivity index (χ0) is 13.7. The Kier molecular flexibility index (Phi) is 5.38. The van der Waals surface area contributed by atoms with Gasteiger partial charge in [-0.25, -0.2) is 4.79 Å². The van der Waals surface area contributed by atoms with Crippen molar-refractivity contribution >= 4 is 34.4 Å². The number of H-pyrrole nitrogens is 2.